The minimum atomic E-state index is 0.274. The Morgan fingerprint density at radius 1 is 0.909 bits per heavy atom. The Morgan fingerprint density at radius 2 is 1.61 bits per heavy atom. The Labute approximate surface area is 201 Å². The van der Waals surface area contributed by atoms with Crippen molar-refractivity contribution >= 4 is 17.3 Å². The van der Waals surface area contributed by atoms with Crippen LogP contribution in [0.1, 0.15) is 89.3 Å². The van der Waals surface area contributed by atoms with Gasteiger partial charge in [-0.05, 0) is 63.8 Å². The van der Waals surface area contributed by atoms with E-state index < -0.39 is 0 Å². The van der Waals surface area contributed by atoms with Crippen molar-refractivity contribution in [3.63, 3.8) is 0 Å². The molecule has 33 heavy (non-hydrogen) atoms. The molecule has 0 saturated heterocycles. The number of para-hydroxylation sites is 1. The number of hydrogen-bond acceptors (Lipinski definition) is 3. The number of unbranched alkanes of at least 4 members (excludes halogenated alkanes) is 3. The molecule has 1 N–H and O–H groups in total. The van der Waals surface area contributed by atoms with Gasteiger partial charge in [-0.2, -0.15) is 0 Å². The van der Waals surface area contributed by atoms with Gasteiger partial charge in [0.2, 0.25) is 5.91 Å². The molecule has 0 fully saturated rings. The average Bonchev–Trinajstić information content (AvgIpc) is 2.80. The van der Waals surface area contributed by atoms with Gasteiger partial charge in [0, 0.05) is 30.8 Å². The molecule has 0 aliphatic rings. The minimum Gasteiger partial charge on any atom is -0.507 e. The van der Waals surface area contributed by atoms with Crippen LogP contribution < -0.4 is 0 Å². The van der Waals surface area contributed by atoms with Crippen molar-refractivity contribution in [1.29, 1.82) is 0 Å². The zero-order valence-electron chi connectivity index (χ0n) is 21.7. The number of phenols is 1. The van der Waals surface area contributed by atoms with Gasteiger partial charge < -0.3 is 10.0 Å². The lowest BCUT2D eigenvalue weighted by Gasteiger charge is -2.21. The first-order chi connectivity index (χ1) is 15.8. The number of aryl methyl sites for hydroxylation is 2. The molecule has 182 valence electrons. The second-order valence-electron chi connectivity index (χ2n) is 8.70. The largest absolute Gasteiger partial charge is 0.507 e. The van der Waals surface area contributed by atoms with Gasteiger partial charge in [-0.15, -0.1) is 0 Å². The first-order valence-electron chi connectivity index (χ1n) is 12.5. The number of hydrogen-bond donors (Lipinski definition) is 1. The minimum absolute atomic E-state index is 0.274. The SMILES string of the molecule is CC(=Nc1ccccc1C)c1cc(C)ccc1O.CCCCCC(=O)N(CCC)CCCC. The Bertz CT molecular complexity index is 874. The van der Waals surface area contributed by atoms with Crippen molar-refractivity contribution in [2.45, 2.75) is 86.5 Å². The van der Waals surface area contributed by atoms with E-state index in [0.29, 0.717) is 5.91 Å². The van der Waals surface area contributed by atoms with Crippen LogP contribution in [0, 0.1) is 13.8 Å². The average molecular weight is 453 g/mol. The molecule has 1 amide bonds. The summed E-state index contributed by atoms with van der Waals surface area (Å²) in [7, 11) is 0. The van der Waals surface area contributed by atoms with Crippen LogP contribution in [0.25, 0.3) is 0 Å². The van der Waals surface area contributed by atoms with Crippen LogP contribution in [0.5, 0.6) is 5.75 Å². The zero-order chi connectivity index (χ0) is 24.6. The fourth-order valence-corrected chi connectivity index (χ4v) is 3.53. The summed E-state index contributed by atoms with van der Waals surface area (Å²) in [4.78, 5) is 18.5. The summed E-state index contributed by atoms with van der Waals surface area (Å²) in [5.74, 6) is 0.634. The third-order valence-electron chi connectivity index (χ3n) is 5.57. The monoisotopic (exact) mass is 452 g/mol. The second kappa shape index (κ2) is 16.1. The molecule has 0 spiro atoms. The highest BCUT2D eigenvalue weighted by atomic mass is 16.3. The lowest BCUT2D eigenvalue weighted by molar-refractivity contribution is -0.131. The normalized spacial score (nSPS) is 11.0. The molecular formula is C29H44N2O2. The van der Waals surface area contributed by atoms with Crippen molar-refractivity contribution in [1.82, 2.24) is 4.90 Å². The summed E-state index contributed by atoms with van der Waals surface area (Å²) in [5, 5.41) is 9.87. The molecule has 2 aromatic rings. The summed E-state index contributed by atoms with van der Waals surface area (Å²) in [6.45, 7) is 14.3. The van der Waals surface area contributed by atoms with Crippen LogP contribution in [0.2, 0.25) is 0 Å². The molecule has 0 atom stereocenters. The Kier molecular flexibility index (Phi) is 13.8. The Hall–Kier alpha value is -2.62. The first-order valence-corrected chi connectivity index (χ1v) is 12.5. The van der Waals surface area contributed by atoms with Gasteiger partial charge in [-0.25, -0.2) is 0 Å². The van der Waals surface area contributed by atoms with E-state index in [1.54, 1.807) is 6.07 Å². The van der Waals surface area contributed by atoms with E-state index in [4.69, 9.17) is 0 Å². The van der Waals surface area contributed by atoms with E-state index in [0.717, 1.165) is 66.9 Å². The van der Waals surface area contributed by atoms with E-state index in [1.165, 1.54) is 19.3 Å². The third kappa shape index (κ3) is 10.7. The van der Waals surface area contributed by atoms with Crippen molar-refractivity contribution in [2.24, 2.45) is 4.99 Å². The summed E-state index contributed by atoms with van der Waals surface area (Å²) >= 11 is 0. The van der Waals surface area contributed by atoms with Gasteiger partial charge in [-0.3, -0.25) is 9.79 Å². The molecule has 0 saturated carbocycles. The first kappa shape index (κ1) is 28.4. The van der Waals surface area contributed by atoms with Gasteiger partial charge >= 0.3 is 0 Å². The Morgan fingerprint density at radius 3 is 2.24 bits per heavy atom. The van der Waals surface area contributed by atoms with Crippen molar-refractivity contribution in [3.05, 3.63) is 59.2 Å². The van der Waals surface area contributed by atoms with Crippen LogP contribution in [0.4, 0.5) is 5.69 Å². The van der Waals surface area contributed by atoms with Crippen molar-refractivity contribution in [3.8, 4) is 5.75 Å². The number of carbonyl (C=O) groups is 1. The summed E-state index contributed by atoms with van der Waals surface area (Å²) < 4.78 is 0. The third-order valence-corrected chi connectivity index (χ3v) is 5.57. The number of aromatic hydroxyl groups is 1. The number of phenolic OH excluding ortho intramolecular Hbond substituents is 1. The van der Waals surface area contributed by atoms with Crippen molar-refractivity contribution in [2.75, 3.05) is 13.1 Å². The molecule has 4 nitrogen and oxygen atoms in total. The number of rotatable bonds is 11. The van der Waals surface area contributed by atoms with E-state index in [-0.39, 0.29) is 5.75 Å². The van der Waals surface area contributed by atoms with E-state index in [2.05, 4.69) is 25.8 Å². The quantitative estimate of drug-likeness (QED) is 0.280. The highest BCUT2D eigenvalue weighted by Crippen LogP contribution is 2.23. The molecular weight excluding hydrogens is 408 g/mol. The number of benzene rings is 2. The van der Waals surface area contributed by atoms with Crippen LogP contribution in [0.3, 0.4) is 0 Å². The number of nitrogens with zero attached hydrogens (tertiary/aromatic N) is 2. The van der Waals surface area contributed by atoms with E-state index in [9.17, 15) is 9.90 Å². The molecule has 0 unspecified atom stereocenters. The molecule has 0 aliphatic heterocycles. The summed E-state index contributed by atoms with van der Waals surface area (Å²) in [6.07, 6.45) is 7.56. The van der Waals surface area contributed by atoms with Gasteiger partial charge in [0.15, 0.2) is 0 Å². The molecule has 2 aromatic carbocycles. The predicted molar refractivity (Wildman–Crippen MR) is 142 cm³/mol. The lowest BCUT2D eigenvalue weighted by Crippen LogP contribution is -2.32. The summed E-state index contributed by atoms with van der Waals surface area (Å²) in [5.41, 5.74) is 4.80. The molecule has 0 heterocycles. The lowest BCUT2D eigenvalue weighted by atomic mass is 10.1. The summed E-state index contributed by atoms with van der Waals surface area (Å²) in [6, 6.07) is 13.5. The van der Waals surface area contributed by atoms with Gasteiger partial charge in [-0.1, -0.05) is 69.9 Å². The molecule has 2 rings (SSSR count). The standard InChI is InChI=1S/C16H17NO.C13H27NO/c1-11-8-9-16(18)14(10-11)13(3)17-15-7-5-4-6-12(15)2;1-4-7-9-10-13(15)14(11-6-3)12-8-5-2/h4-10,18H,1-3H3;4-12H2,1-3H3. The van der Waals surface area contributed by atoms with E-state index >= 15 is 0 Å². The highest BCUT2D eigenvalue weighted by molar-refractivity contribution is 6.02. The fraction of sp³-hybridized carbons (Fsp3) is 0.517. The number of carbonyl (C=O) groups excluding carboxylic acids is 1. The van der Waals surface area contributed by atoms with Crippen LogP contribution in [-0.4, -0.2) is 34.7 Å². The molecule has 0 bridgehead atoms. The maximum atomic E-state index is 11.8. The number of aliphatic imine (C=N–C) groups is 1. The molecule has 4 heteroatoms. The maximum absolute atomic E-state index is 11.8. The predicted octanol–water partition coefficient (Wildman–Crippen LogP) is 7.76. The smallest absolute Gasteiger partial charge is 0.222 e. The van der Waals surface area contributed by atoms with Crippen molar-refractivity contribution < 1.29 is 9.90 Å². The highest BCUT2D eigenvalue weighted by Gasteiger charge is 2.10. The van der Waals surface area contributed by atoms with Gasteiger partial charge in [0.25, 0.3) is 0 Å². The van der Waals surface area contributed by atoms with Gasteiger partial charge in [0.1, 0.15) is 5.75 Å². The Balaban J connectivity index is 0.000000337. The van der Waals surface area contributed by atoms with E-state index in [1.807, 2.05) is 62.1 Å². The maximum Gasteiger partial charge on any atom is 0.222 e. The van der Waals surface area contributed by atoms with Crippen LogP contribution in [-0.2, 0) is 4.79 Å². The van der Waals surface area contributed by atoms with Crippen LogP contribution >= 0.6 is 0 Å². The van der Waals surface area contributed by atoms with Gasteiger partial charge in [0.05, 0.1) is 5.69 Å². The number of amides is 1. The topological polar surface area (TPSA) is 52.9 Å². The van der Waals surface area contributed by atoms with Crippen LogP contribution in [0.15, 0.2) is 47.5 Å². The second-order valence-corrected chi connectivity index (χ2v) is 8.70. The fourth-order valence-electron chi connectivity index (χ4n) is 3.53. The molecule has 0 aromatic heterocycles. The molecule has 0 aliphatic carbocycles. The zero-order valence-corrected chi connectivity index (χ0v) is 21.7. The molecule has 0 radical (unpaired) electrons.